The number of aryl methyl sites for hydroxylation is 2. The molecule has 0 aliphatic carbocycles. The first kappa shape index (κ1) is 19.2. The fourth-order valence-corrected chi connectivity index (χ4v) is 5.11. The van der Waals surface area contributed by atoms with E-state index in [-0.39, 0.29) is 28.7 Å². The van der Waals surface area contributed by atoms with Crippen molar-refractivity contribution in [3.8, 4) is 0 Å². The van der Waals surface area contributed by atoms with E-state index in [1.807, 2.05) is 0 Å². The Hall–Kier alpha value is -2.52. The number of Topliss-reactive ketones (excluding diaryl/α,β-unsaturated/α-hetero) is 1. The molecule has 0 N–H and O–H groups in total. The normalized spacial score (nSPS) is 17.8. The summed E-state index contributed by atoms with van der Waals surface area (Å²) in [6.07, 6.45) is 0.857. The van der Waals surface area contributed by atoms with Crippen molar-refractivity contribution in [1.82, 2.24) is 9.46 Å². The van der Waals surface area contributed by atoms with Gasteiger partial charge in [0.15, 0.2) is 18.2 Å². The zero-order valence-electron chi connectivity index (χ0n) is 15.0. The summed E-state index contributed by atoms with van der Waals surface area (Å²) in [6, 6.07) is 7.49. The number of carbonyl (C=O) groups excluding carboxylic acids is 2. The SMILES string of the molecule is Cc1noc(C)c1S(=O)(=O)N1CCC[C@H]1C(=O)OCC(=O)c1ccccc1. The first-order chi connectivity index (χ1) is 12.8. The lowest BCUT2D eigenvalue weighted by molar-refractivity contribution is -0.146. The second kappa shape index (κ2) is 7.61. The van der Waals surface area contributed by atoms with Crippen molar-refractivity contribution in [3.63, 3.8) is 0 Å². The van der Waals surface area contributed by atoms with Gasteiger partial charge in [-0.3, -0.25) is 9.59 Å². The Balaban J connectivity index is 1.72. The molecule has 9 heteroatoms. The summed E-state index contributed by atoms with van der Waals surface area (Å²) in [5, 5.41) is 3.68. The van der Waals surface area contributed by atoms with Gasteiger partial charge in [0.05, 0.1) is 0 Å². The summed E-state index contributed by atoms with van der Waals surface area (Å²) in [5.41, 5.74) is 0.669. The molecule has 0 radical (unpaired) electrons. The Labute approximate surface area is 157 Å². The molecule has 1 fully saturated rings. The van der Waals surface area contributed by atoms with Crippen LogP contribution in [0.3, 0.4) is 0 Å². The smallest absolute Gasteiger partial charge is 0.324 e. The summed E-state index contributed by atoms with van der Waals surface area (Å²) >= 11 is 0. The average molecular weight is 392 g/mol. The van der Waals surface area contributed by atoms with Gasteiger partial charge in [0, 0.05) is 12.1 Å². The number of ether oxygens (including phenoxy) is 1. The van der Waals surface area contributed by atoms with Crippen LogP contribution in [0.1, 0.15) is 34.7 Å². The minimum absolute atomic E-state index is 0.0254. The highest BCUT2D eigenvalue weighted by atomic mass is 32.2. The first-order valence-corrected chi connectivity index (χ1v) is 9.96. The van der Waals surface area contributed by atoms with E-state index in [4.69, 9.17) is 9.26 Å². The highest BCUT2D eigenvalue weighted by Gasteiger charge is 2.42. The van der Waals surface area contributed by atoms with E-state index in [1.165, 1.54) is 13.8 Å². The summed E-state index contributed by atoms with van der Waals surface area (Å²) in [7, 11) is -3.95. The van der Waals surface area contributed by atoms with Crippen molar-refractivity contribution in [2.75, 3.05) is 13.2 Å². The maximum Gasteiger partial charge on any atom is 0.324 e. The maximum atomic E-state index is 13.0. The topological polar surface area (TPSA) is 107 Å². The number of sulfonamides is 1. The van der Waals surface area contributed by atoms with Gasteiger partial charge in [-0.25, -0.2) is 8.42 Å². The minimum Gasteiger partial charge on any atom is -0.456 e. The number of rotatable bonds is 6. The molecule has 2 aromatic rings. The van der Waals surface area contributed by atoms with Gasteiger partial charge in [-0.1, -0.05) is 35.5 Å². The second-order valence-corrected chi connectivity index (χ2v) is 8.15. The number of esters is 1. The molecular formula is C18H20N2O6S. The molecule has 0 saturated carbocycles. The average Bonchev–Trinajstić information content (AvgIpc) is 3.27. The van der Waals surface area contributed by atoms with Gasteiger partial charge >= 0.3 is 5.97 Å². The lowest BCUT2D eigenvalue weighted by Gasteiger charge is -2.22. The molecule has 0 bridgehead atoms. The number of hydrogen-bond acceptors (Lipinski definition) is 7. The van der Waals surface area contributed by atoms with Crippen LogP contribution < -0.4 is 0 Å². The molecule has 144 valence electrons. The van der Waals surface area contributed by atoms with Crippen molar-refractivity contribution < 1.29 is 27.3 Å². The van der Waals surface area contributed by atoms with Crippen LogP contribution in [-0.2, 0) is 19.6 Å². The Kier molecular flexibility index (Phi) is 5.43. The molecule has 2 heterocycles. The quantitative estimate of drug-likeness (QED) is 0.545. The molecule has 8 nitrogen and oxygen atoms in total. The van der Waals surface area contributed by atoms with Crippen LogP contribution in [0.15, 0.2) is 39.8 Å². The van der Waals surface area contributed by atoms with E-state index in [1.54, 1.807) is 30.3 Å². The standard InChI is InChI=1S/C18H20N2O6S/c1-12-17(13(2)26-19-12)27(23,24)20-10-6-9-15(20)18(22)25-11-16(21)14-7-4-3-5-8-14/h3-5,7-8,15H,6,9-11H2,1-2H3/t15-/m0/s1. The van der Waals surface area contributed by atoms with Crippen molar-refractivity contribution in [2.24, 2.45) is 0 Å². The lowest BCUT2D eigenvalue weighted by Crippen LogP contribution is -2.42. The third-order valence-electron chi connectivity index (χ3n) is 4.45. The van der Waals surface area contributed by atoms with Gasteiger partial charge in [0.25, 0.3) is 0 Å². The van der Waals surface area contributed by atoms with Crippen LogP contribution in [0.5, 0.6) is 0 Å². The fourth-order valence-electron chi connectivity index (χ4n) is 3.16. The second-order valence-electron chi connectivity index (χ2n) is 6.32. The minimum atomic E-state index is -3.95. The molecule has 0 spiro atoms. The molecule has 1 saturated heterocycles. The van der Waals surface area contributed by atoms with Crippen LogP contribution in [0.2, 0.25) is 0 Å². The van der Waals surface area contributed by atoms with E-state index in [0.29, 0.717) is 18.4 Å². The van der Waals surface area contributed by atoms with Gasteiger partial charge in [-0.15, -0.1) is 0 Å². The lowest BCUT2D eigenvalue weighted by atomic mass is 10.1. The van der Waals surface area contributed by atoms with Crippen LogP contribution in [-0.4, -0.2) is 48.8 Å². The Bertz CT molecular complexity index is 932. The maximum absolute atomic E-state index is 13.0. The van der Waals surface area contributed by atoms with E-state index in [9.17, 15) is 18.0 Å². The van der Waals surface area contributed by atoms with Crippen molar-refractivity contribution >= 4 is 21.8 Å². The zero-order chi connectivity index (χ0) is 19.6. The van der Waals surface area contributed by atoms with E-state index in [0.717, 1.165) is 4.31 Å². The van der Waals surface area contributed by atoms with E-state index < -0.39 is 28.6 Å². The van der Waals surface area contributed by atoms with Crippen LogP contribution >= 0.6 is 0 Å². The number of nitrogens with zero attached hydrogens (tertiary/aromatic N) is 2. The number of hydrogen-bond donors (Lipinski definition) is 0. The number of benzene rings is 1. The molecule has 1 aliphatic rings. The monoisotopic (exact) mass is 392 g/mol. The summed E-state index contributed by atoms with van der Waals surface area (Å²) in [5.74, 6) is -0.903. The molecule has 0 amide bonds. The molecule has 27 heavy (non-hydrogen) atoms. The van der Waals surface area contributed by atoms with Crippen molar-refractivity contribution in [1.29, 1.82) is 0 Å². The molecule has 1 atom stereocenters. The van der Waals surface area contributed by atoms with Crippen molar-refractivity contribution in [3.05, 3.63) is 47.3 Å². The predicted molar refractivity (Wildman–Crippen MR) is 94.6 cm³/mol. The van der Waals surface area contributed by atoms with Crippen LogP contribution in [0.25, 0.3) is 0 Å². The summed E-state index contributed by atoms with van der Waals surface area (Å²) in [4.78, 5) is 24.5. The van der Waals surface area contributed by atoms with Crippen LogP contribution in [0.4, 0.5) is 0 Å². The molecule has 0 unspecified atom stereocenters. The van der Waals surface area contributed by atoms with E-state index in [2.05, 4.69) is 5.16 Å². The predicted octanol–water partition coefficient (Wildman–Crippen LogP) is 1.87. The highest BCUT2D eigenvalue weighted by Crippen LogP contribution is 2.30. The molecule has 1 aliphatic heterocycles. The van der Waals surface area contributed by atoms with Gasteiger partial charge < -0.3 is 9.26 Å². The summed E-state index contributed by atoms with van der Waals surface area (Å²) in [6.45, 7) is 2.80. The molecule has 1 aromatic heterocycles. The number of ketones is 1. The zero-order valence-corrected chi connectivity index (χ0v) is 15.9. The fraction of sp³-hybridized carbons (Fsp3) is 0.389. The Morgan fingerprint density at radius 1 is 1.26 bits per heavy atom. The Morgan fingerprint density at radius 2 is 1.96 bits per heavy atom. The van der Waals surface area contributed by atoms with Gasteiger partial charge in [0.1, 0.15) is 16.6 Å². The number of aromatic nitrogens is 1. The molecule has 3 rings (SSSR count). The molecule has 1 aromatic carbocycles. The van der Waals surface area contributed by atoms with Crippen molar-refractivity contribution in [2.45, 2.75) is 37.6 Å². The van der Waals surface area contributed by atoms with Gasteiger partial charge in [0.2, 0.25) is 10.0 Å². The largest absolute Gasteiger partial charge is 0.456 e. The first-order valence-electron chi connectivity index (χ1n) is 8.52. The number of carbonyl (C=O) groups is 2. The van der Waals surface area contributed by atoms with Crippen LogP contribution in [0, 0.1) is 13.8 Å². The summed E-state index contributed by atoms with van der Waals surface area (Å²) < 4.78 is 37.1. The molecular weight excluding hydrogens is 372 g/mol. The Morgan fingerprint density at radius 3 is 2.59 bits per heavy atom. The third-order valence-corrected chi connectivity index (χ3v) is 6.60. The third kappa shape index (κ3) is 3.79. The van der Waals surface area contributed by atoms with Gasteiger partial charge in [-0.2, -0.15) is 4.31 Å². The van der Waals surface area contributed by atoms with E-state index >= 15 is 0 Å². The highest BCUT2D eigenvalue weighted by molar-refractivity contribution is 7.89. The van der Waals surface area contributed by atoms with Gasteiger partial charge in [-0.05, 0) is 26.7 Å².